The lowest BCUT2D eigenvalue weighted by Gasteiger charge is -2.09. The minimum absolute atomic E-state index is 0.0860. The summed E-state index contributed by atoms with van der Waals surface area (Å²) in [5.74, 6) is -1.19. The first-order valence-electron chi connectivity index (χ1n) is 5.95. The third-order valence-electron chi connectivity index (χ3n) is 2.31. The van der Waals surface area contributed by atoms with Gasteiger partial charge in [0.1, 0.15) is 5.75 Å². The van der Waals surface area contributed by atoms with Gasteiger partial charge in [0, 0.05) is 0 Å². The fraction of sp³-hybridized carbons (Fsp3) is 0.417. The number of esters is 1. The van der Waals surface area contributed by atoms with Gasteiger partial charge in [0.2, 0.25) is 0 Å². The zero-order valence-electron chi connectivity index (χ0n) is 11.0. The number of unbranched alkanes of at least 4 members (excludes halogenated alkanes) is 1. The van der Waals surface area contributed by atoms with E-state index in [4.69, 9.17) is 4.74 Å². The van der Waals surface area contributed by atoms with Gasteiger partial charge >= 0.3 is 21.6 Å². The van der Waals surface area contributed by atoms with E-state index in [0.29, 0.717) is 6.42 Å². The normalized spacial score (nSPS) is 12.0. The molecule has 0 aromatic heterocycles. The first-order chi connectivity index (χ1) is 9.67. The molecule has 0 saturated carbocycles. The van der Waals surface area contributed by atoms with Crippen LogP contribution in [0.3, 0.4) is 0 Å². The highest BCUT2D eigenvalue weighted by Gasteiger charge is 2.48. The Bertz CT molecular complexity index is 578. The molecule has 1 aromatic carbocycles. The Labute approximate surface area is 119 Å². The van der Waals surface area contributed by atoms with Gasteiger partial charge in [-0.05, 0) is 30.7 Å². The van der Waals surface area contributed by atoms with Gasteiger partial charge in [0.05, 0.1) is 12.2 Å². The molecular formula is C12H13F3O5S. The lowest BCUT2D eigenvalue weighted by atomic mass is 10.2. The topological polar surface area (TPSA) is 69.7 Å². The van der Waals surface area contributed by atoms with Crippen LogP contribution in [-0.2, 0) is 14.9 Å². The minimum atomic E-state index is -5.72. The van der Waals surface area contributed by atoms with Crippen molar-refractivity contribution in [1.82, 2.24) is 0 Å². The van der Waals surface area contributed by atoms with Crippen LogP contribution in [0.4, 0.5) is 13.2 Å². The number of hydrogen-bond donors (Lipinski definition) is 0. The standard InChI is InChI=1S/C12H13F3O5S/c1-2-3-8-19-11(16)9-4-6-10(7-5-9)20-21(17,18)12(13,14)15/h4-7H,2-3,8H2,1H3. The van der Waals surface area contributed by atoms with Crippen molar-refractivity contribution in [3.05, 3.63) is 29.8 Å². The summed E-state index contributed by atoms with van der Waals surface area (Å²) in [6, 6.07) is 4.13. The fourth-order valence-electron chi connectivity index (χ4n) is 1.21. The van der Waals surface area contributed by atoms with Gasteiger partial charge < -0.3 is 8.92 Å². The van der Waals surface area contributed by atoms with E-state index in [0.717, 1.165) is 30.7 Å². The molecule has 1 rings (SSSR count). The molecule has 0 spiro atoms. The van der Waals surface area contributed by atoms with Gasteiger partial charge in [-0.2, -0.15) is 21.6 Å². The van der Waals surface area contributed by atoms with Crippen LogP contribution in [0.25, 0.3) is 0 Å². The predicted molar refractivity (Wildman–Crippen MR) is 67.2 cm³/mol. The summed E-state index contributed by atoms with van der Waals surface area (Å²) < 4.78 is 66.7. The Kier molecular flexibility index (Phi) is 5.59. The van der Waals surface area contributed by atoms with Crippen LogP contribution < -0.4 is 4.18 Å². The molecule has 0 unspecified atom stereocenters. The number of carbonyl (C=O) groups is 1. The highest BCUT2D eigenvalue weighted by Crippen LogP contribution is 2.27. The summed E-state index contributed by atoms with van der Waals surface area (Å²) in [4.78, 5) is 11.5. The Balaban J connectivity index is 2.73. The maximum atomic E-state index is 12.1. The molecule has 9 heteroatoms. The number of carbonyl (C=O) groups excluding carboxylic acids is 1. The summed E-state index contributed by atoms with van der Waals surface area (Å²) in [5, 5.41) is 0. The van der Waals surface area contributed by atoms with Crippen LogP contribution >= 0.6 is 0 Å². The van der Waals surface area contributed by atoms with Crippen molar-refractivity contribution in [2.45, 2.75) is 25.3 Å². The lowest BCUT2D eigenvalue weighted by molar-refractivity contribution is -0.0500. The average molecular weight is 326 g/mol. The highest BCUT2D eigenvalue weighted by atomic mass is 32.2. The zero-order valence-corrected chi connectivity index (χ0v) is 11.8. The molecule has 0 N–H and O–H groups in total. The van der Waals surface area contributed by atoms with E-state index in [1.807, 2.05) is 6.92 Å². The molecule has 0 bridgehead atoms. The summed E-state index contributed by atoms with van der Waals surface area (Å²) in [6.45, 7) is 2.15. The van der Waals surface area contributed by atoms with Crippen molar-refractivity contribution in [2.75, 3.05) is 6.61 Å². The van der Waals surface area contributed by atoms with Gasteiger partial charge in [-0.25, -0.2) is 4.79 Å². The van der Waals surface area contributed by atoms with Crippen molar-refractivity contribution >= 4 is 16.1 Å². The Morgan fingerprint density at radius 3 is 2.24 bits per heavy atom. The predicted octanol–water partition coefficient (Wildman–Crippen LogP) is 2.87. The Morgan fingerprint density at radius 2 is 1.76 bits per heavy atom. The number of ether oxygens (including phenoxy) is 1. The van der Waals surface area contributed by atoms with E-state index in [1.165, 1.54) is 0 Å². The molecule has 0 fully saturated rings. The largest absolute Gasteiger partial charge is 0.534 e. The maximum Gasteiger partial charge on any atom is 0.534 e. The average Bonchev–Trinajstić information content (AvgIpc) is 2.38. The second kappa shape index (κ2) is 6.79. The summed E-state index contributed by atoms with van der Waals surface area (Å²) in [5.41, 5.74) is -5.42. The number of hydrogen-bond acceptors (Lipinski definition) is 5. The van der Waals surface area contributed by atoms with Gasteiger partial charge in [0.15, 0.2) is 0 Å². The van der Waals surface area contributed by atoms with E-state index in [2.05, 4.69) is 4.18 Å². The monoisotopic (exact) mass is 326 g/mol. The third-order valence-corrected chi connectivity index (χ3v) is 3.29. The number of benzene rings is 1. The highest BCUT2D eigenvalue weighted by molar-refractivity contribution is 7.87. The molecule has 0 aliphatic rings. The molecule has 0 aliphatic heterocycles. The second-order valence-corrected chi connectivity index (χ2v) is 5.53. The second-order valence-electron chi connectivity index (χ2n) is 4.00. The van der Waals surface area contributed by atoms with Gasteiger partial charge in [-0.1, -0.05) is 13.3 Å². The Morgan fingerprint density at radius 1 is 1.19 bits per heavy atom. The molecule has 5 nitrogen and oxygen atoms in total. The van der Waals surface area contributed by atoms with E-state index in [1.54, 1.807) is 0 Å². The number of halogens is 3. The molecule has 0 radical (unpaired) electrons. The number of alkyl halides is 3. The lowest BCUT2D eigenvalue weighted by Crippen LogP contribution is -2.28. The number of rotatable bonds is 6. The van der Waals surface area contributed by atoms with Crippen LogP contribution in [0.5, 0.6) is 5.75 Å². The molecule has 0 heterocycles. The van der Waals surface area contributed by atoms with Crippen molar-refractivity contribution in [3.63, 3.8) is 0 Å². The third kappa shape index (κ3) is 4.92. The quantitative estimate of drug-likeness (QED) is 0.348. The van der Waals surface area contributed by atoms with E-state index in [-0.39, 0.29) is 12.2 Å². The molecule has 118 valence electrons. The van der Waals surface area contributed by atoms with E-state index in [9.17, 15) is 26.4 Å². The SMILES string of the molecule is CCCCOC(=O)c1ccc(OS(=O)(=O)C(F)(F)F)cc1. The van der Waals surface area contributed by atoms with Crippen LogP contribution in [0, 0.1) is 0 Å². The van der Waals surface area contributed by atoms with Crippen molar-refractivity contribution in [1.29, 1.82) is 0 Å². The van der Waals surface area contributed by atoms with Gasteiger partial charge in [-0.15, -0.1) is 0 Å². The summed E-state index contributed by atoms with van der Waals surface area (Å²) in [7, 11) is -5.72. The summed E-state index contributed by atoms with van der Waals surface area (Å²) >= 11 is 0. The smallest absolute Gasteiger partial charge is 0.462 e. The van der Waals surface area contributed by atoms with Crippen molar-refractivity contribution < 1.29 is 35.3 Å². The molecule has 21 heavy (non-hydrogen) atoms. The van der Waals surface area contributed by atoms with Crippen molar-refractivity contribution in [2.24, 2.45) is 0 Å². The van der Waals surface area contributed by atoms with Crippen LogP contribution in [0.2, 0.25) is 0 Å². The van der Waals surface area contributed by atoms with Crippen LogP contribution in [0.1, 0.15) is 30.1 Å². The van der Waals surface area contributed by atoms with Crippen LogP contribution in [0.15, 0.2) is 24.3 Å². The van der Waals surface area contributed by atoms with Gasteiger partial charge in [-0.3, -0.25) is 0 Å². The molecule has 0 atom stereocenters. The first-order valence-corrected chi connectivity index (χ1v) is 7.36. The minimum Gasteiger partial charge on any atom is -0.462 e. The van der Waals surface area contributed by atoms with Gasteiger partial charge in [0.25, 0.3) is 0 Å². The molecule has 0 aliphatic carbocycles. The molecule has 0 amide bonds. The zero-order chi connectivity index (χ0) is 16.1. The molecule has 1 aromatic rings. The first kappa shape index (κ1) is 17.3. The fourth-order valence-corrected chi connectivity index (χ4v) is 1.67. The van der Waals surface area contributed by atoms with Crippen molar-refractivity contribution in [3.8, 4) is 5.75 Å². The van der Waals surface area contributed by atoms with E-state index < -0.39 is 27.3 Å². The maximum absolute atomic E-state index is 12.1. The van der Waals surface area contributed by atoms with Crippen LogP contribution in [-0.4, -0.2) is 26.5 Å². The molecular weight excluding hydrogens is 313 g/mol. The Hall–Kier alpha value is -1.77. The summed E-state index contributed by atoms with van der Waals surface area (Å²) in [6.07, 6.45) is 1.53. The molecule has 0 saturated heterocycles. The van der Waals surface area contributed by atoms with E-state index >= 15 is 0 Å².